The molecule has 1 aliphatic rings. The third-order valence-corrected chi connectivity index (χ3v) is 4.73. The number of thioether (sulfide) groups is 1. The predicted octanol–water partition coefficient (Wildman–Crippen LogP) is 2.81. The van der Waals surface area contributed by atoms with Crippen LogP contribution in [-0.2, 0) is 0 Å². The van der Waals surface area contributed by atoms with Gasteiger partial charge in [0.2, 0.25) is 0 Å². The van der Waals surface area contributed by atoms with Crippen molar-refractivity contribution in [2.24, 2.45) is 0 Å². The Balaban J connectivity index is 1.66. The molecular formula is C15H20N4S. The summed E-state index contributed by atoms with van der Waals surface area (Å²) >= 11 is 2.05. The molecule has 1 N–H and O–H groups in total. The highest BCUT2D eigenvalue weighted by Crippen LogP contribution is 2.20. The third kappa shape index (κ3) is 3.22. The van der Waals surface area contributed by atoms with Crippen LogP contribution < -0.4 is 5.32 Å². The summed E-state index contributed by atoms with van der Waals surface area (Å²) in [4.78, 5) is 0. The quantitative estimate of drug-likeness (QED) is 0.939. The van der Waals surface area contributed by atoms with E-state index in [4.69, 9.17) is 0 Å². The molecule has 5 heteroatoms. The third-order valence-electron chi connectivity index (χ3n) is 3.68. The van der Waals surface area contributed by atoms with Crippen LogP contribution in [0.4, 0.5) is 0 Å². The van der Waals surface area contributed by atoms with Crippen molar-refractivity contribution >= 4 is 11.8 Å². The van der Waals surface area contributed by atoms with Crippen molar-refractivity contribution in [1.82, 2.24) is 20.3 Å². The monoisotopic (exact) mass is 288 g/mol. The van der Waals surface area contributed by atoms with E-state index in [1.165, 1.54) is 24.3 Å². The summed E-state index contributed by atoms with van der Waals surface area (Å²) in [7, 11) is 0. The molecule has 3 rings (SSSR count). The van der Waals surface area contributed by atoms with Crippen molar-refractivity contribution in [3.63, 3.8) is 0 Å². The molecule has 1 aliphatic heterocycles. The van der Waals surface area contributed by atoms with Gasteiger partial charge in [0.15, 0.2) is 0 Å². The fraction of sp³-hybridized carbons (Fsp3) is 0.467. The zero-order valence-electron chi connectivity index (χ0n) is 11.7. The van der Waals surface area contributed by atoms with E-state index in [1.54, 1.807) is 0 Å². The van der Waals surface area contributed by atoms with Gasteiger partial charge in [-0.3, -0.25) is 0 Å². The molecule has 1 aromatic heterocycles. The number of nitrogens with zero attached hydrogens (tertiary/aromatic N) is 3. The van der Waals surface area contributed by atoms with E-state index in [0.29, 0.717) is 6.04 Å². The molecule has 0 bridgehead atoms. The number of aromatic nitrogens is 3. The average molecular weight is 288 g/mol. The highest BCUT2D eigenvalue weighted by molar-refractivity contribution is 7.99. The largest absolute Gasteiger partial charge is 0.306 e. The summed E-state index contributed by atoms with van der Waals surface area (Å²) in [6, 6.07) is 11.0. The summed E-state index contributed by atoms with van der Waals surface area (Å²) in [5, 5.41) is 12.2. The zero-order chi connectivity index (χ0) is 13.8. The first-order valence-corrected chi connectivity index (χ1v) is 8.30. The molecule has 4 nitrogen and oxygen atoms in total. The maximum absolute atomic E-state index is 4.30. The topological polar surface area (TPSA) is 42.7 Å². The molecule has 1 saturated heterocycles. The van der Waals surface area contributed by atoms with Crippen molar-refractivity contribution in [3.05, 3.63) is 42.2 Å². The summed E-state index contributed by atoms with van der Waals surface area (Å²) in [5.74, 6) is 2.53. The maximum Gasteiger partial charge on any atom is 0.0998 e. The Morgan fingerprint density at radius 2 is 2.00 bits per heavy atom. The van der Waals surface area contributed by atoms with Gasteiger partial charge < -0.3 is 5.32 Å². The fourth-order valence-corrected chi connectivity index (χ4v) is 3.59. The Morgan fingerprint density at radius 3 is 2.75 bits per heavy atom. The van der Waals surface area contributed by atoms with Gasteiger partial charge in [0.1, 0.15) is 0 Å². The van der Waals surface area contributed by atoms with E-state index in [0.717, 1.165) is 11.4 Å². The van der Waals surface area contributed by atoms with Crippen LogP contribution in [0.1, 0.15) is 31.5 Å². The van der Waals surface area contributed by atoms with Crippen LogP contribution in [-0.4, -0.2) is 32.5 Å². The summed E-state index contributed by atoms with van der Waals surface area (Å²) in [5.41, 5.74) is 2.06. The molecule has 0 radical (unpaired) electrons. The van der Waals surface area contributed by atoms with Crippen molar-refractivity contribution in [1.29, 1.82) is 0 Å². The number of hydrogen-bond acceptors (Lipinski definition) is 4. The predicted molar refractivity (Wildman–Crippen MR) is 83.3 cm³/mol. The standard InChI is InChI=1S/C15H20N4S/c1-12(16-13-7-9-20-10-8-13)15-11-19(18-17-15)14-5-3-2-4-6-14/h2-6,11-13,16H,7-10H2,1H3. The van der Waals surface area contributed by atoms with Gasteiger partial charge in [0.25, 0.3) is 0 Å². The number of hydrogen-bond donors (Lipinski definition) is 1. The number of nitrogens with one attached hydrogen (secondary N) is 1. The summed E-state index contributed by atoms with van der Waals surface area (Å²) < 4.78 is 1.84. The molecule has 1 aromatic carbocycles. The van der Waals surface area contributed by atoms with Crippen LogP contribution in [0.3, 0.4) is 0 Å². The second-order valence-electron chi connectivity index (χ2n) is 5.20. The first kappa shape index (κ1) is 13.6. The van der Waals surface area contributed by atoms with Gasteiger partial charge >= 0.3 is 0 Å². The Labute approximate surface area is 124 Å². The smallest absolute Gasteiger partial charge is 0.0998 e. The van der Waals surface area contributed by atoms with E-state index in [2.05, 4.69) is 34.3 Å². The van der Waals surface area contributed by atoms with Crippen LogP contribution in [0.5, 0.6) is 0 Å². The van der Waals surface area contributed by atoms with Crippen LogP contribution in [0.2, 0.25) is 0 Å². The number of benzene rings is 1. The molecular weight excluding hydrogens is 268 g/mol. The van der Waals surface area contributed by atoms with Crippen LogP contribution >= 0.6 is 11.8 Å². The molecule has 20 heavy (non-hydrogen) atoms. The molecule has 1 unspecified atom stereocenters. The maximum atomic E-state index is 4.30. The van der Waals surface area contributed by atoms with E-state index < -0.39 is 0 Å². The van der Waals surface area contributed by atoms with Crippen LogP contribution in [0.15, 0.2) is 36.5 Å². The lowest BCUT2D eigenvalue weighted by Gasteiger charge is -2.25. The molecule has 2 heterocycles. The zero-order valence-corrected chi connectivity index (χ0v) is 12.5. The Morgan fingerprint density at radius 1 is 1.25 bits per heavy atom. The summed E-state index contributed by atoms with van der Waals surface area (Å²) in [6.45, 7) is 2.17. The molecule has 0 aliphatic carbocycles. The van der Waals surface area contributed by atoms with Gasteiger partial charge in [-0.2, -0.15) is 11.8 Å². The molecule has 0 saturated carbocycles. The minimum Gasteiger partial charge on any atom is -0.306 e. The van der Waals surface area contributed by atoms with Crippen molar-refractivity contribution in [2.45, 2.75) is 31.8 Å². The van der Waals surface area contributed by atoms with Crippen LogP contribution in [0, 0.1) is 0 Å². The minimum absolute atomic E-state index is 0.251. The minimum atomic E-state index is 0.251. The number of rotatable bonds is 4. The molecule has 0 spiro atoms. The fourth-order valence-electron chi connectivity index (χ4n) is 2.49. The van der Waals surface area contributed by atoms with Crippen molar-refractivity contribution in [3.8, 4) is 5.69 Å². The first-order chi connectivity index (χ1) is 9.83. The Bertz CT molecular complexity index is 534. The van der Waals surface area contributed by atoms with Crippen LogP contribution in [0.25, 0.3) is 5.69 Å². The highest BCUT2D eigenvalue weighted by Gasteiger charge is 2.18. The van der Waals surface area contributed by atoms with Gasteiger partial charge in [-0.1, -0.05) is 23.4 Å². The van der Waals surface area contributed by atoms with Crippen molar-refractivity contribution < 1.29 is 0 Å². The van der Waals surface area contributed by atoms with E-state index in [1.807, 2.05) is 41.2 Å². The van der Waals surface area contributed by atoms with E-state index >= 15 is 0 Å². The van der Waals surface area contributed by atoms with Gasteiger partial charge in [0, 0.05) is 6.04 Å². The Kier molecular flexibility index (Phi) is 4.38. The molecule has 106 valence electrons. The van der Waals surface area contributed by atoms with Gasteiger partial charge in [-0.05, 0) is 43.4 Å². The SMILES string of the molecule is CC(NC1CCSCC1)c1cn(-c2ccccc2)nn1. The van der Waals surface area contributed by atoms with Gasteiger partial charge in [-0.15, -0.1) is 5.10 Å². The lowest BCUT2D eigenvalue weighted by Crippen LogP contribution is -2.34. The number of para-hydroxylation sites is 1. The lowest BCUT2D eigenvalue weighted by atomic mass is 10.1. The van der Waals surface area contributed by atoms with Crippen molar-refractivity contribution in [2.75, 3.05) is 11.5 Å². The first-order valence-electron chi connectivity index (χ1n) is 7.14. The second-order valence-corrected chi connectivity index (χ2v) is 6.42. The normalized spacial score (nSPS) is 18.1. The lowest BCUT2D eigenvalue weighted by molar-refractivity contribution is 0.426. The van der Waals surface area contributed by atoms with E-state index in [9.17, 15) is 0 Å². The Hall–Kier alpha value is -1.33. The van der Waals surface area contributed by atoms with E-state index in [-0.39, 0.29) is 6.04 Å². The summed E-state index contributed by atoms with van der Waals surface area (Å²) in [6.07, 6.45) is 4.52. The molecule has 1 fully saturated rings. The molecule has 0 amide bonds. The average Bonchev–Trinajstić information content (AvgIpc) is 2.99. The van der Waals surface area contributed by atoms with Gasteiger partial charge in [-0.25, -0.2) is 4.68 Å². The molecule has 1 atom stereocenters. The second kappa shape index (κ2) is 6.41. The highest BCUT2D eigenvalue weighted by atomic mass is 32.2. The van der Waals surface area contributed by atoms with Gasteiger partial charge in [0.05, 0.1) is 23.6 Å². The molecule has 2 aromatic rings.